The summed E-state index contributed by atoms with van der Waals surface area (Å²) in [5, 5.41) is 4.44. The van der Waals surface area contributed by atoms with Crippen LogP contribution in [0, 0.1) is 0 Å². The molecular weight excluding hydrogens is 218 g/mol. The highest BCUT2D eigenvalue weighted by Gasteiger charge is 2.13. The van der Waals surface area contributed by atoms with Crippen molar-refractivity contribution >= 4 is 15.9 Å². The molecular formula is C9H18BrNO. The smallest absolute Gasteiger partial charge is 0.0699 e. The van der Waals surface area contributed by atoms with E-state index in [0.29, 0.717) is 12.1 Å². The molecule has 1 fully saturated rings. The average Bonchev–Trinajstić information content (AvgIpc) is 2.16. The number of hydrogen-bond acceptors (Lipinski definition) is 2. The standard InChI is InChI=1S/C9H18BrNO/c1-8(6-10)11-7-9-4-2-3-5-12-9/h8-9,11H,2-7H2,1H3. The predicted octanol–water partition coefficient (Wildman–Crippen LogP) is 1.93. The first kappa shape index (κ1) is 10.5. The van der Waals surface area contributed by atoms with Crippen LogP contribution in [-0.2, 0) is 4.74 Å². The zero-order valence-corrected chi connectivity index (χ0v) is 9.27. The van der Waals surface area contributed by atoms with E-state index in [1.54, 1.807) is 0 Å². The summed E-state index contributed by atoms with van der Waals surface area (Å²) in [6, 6.07) is 0.551. The van der Waals surface area contributed by atoms with Gasteiger partial charge in [-0.1, -0.05) is 15.9 Å². The summed E-state index contributed by atoms with van der Waals surface area (Å²) in [7, 11) is 0. The Morgan fingerprint density at radius 3 is 3.00 bits per heavy atom. The Morgan fingerprint density at radius 1 is 1.58 bits per heavy atom. The fourth-order valence-electron chi connectivity index (χ4n) is 1.36. The van der Waals surface area contributed by atoms with Gasteiger partial charge in [0, 0.05) is 24.5 Å². The minimum Gasteiger partial charge on any atom is -0.377 e. The first-order valence-corrected chi connectivity index (χ1v) is 5.86. The molecule has 2 unspecified atom stereocenters. The molecule has 0 saturated carbocycles. The van der Waals surface area contributed by atoms with E-state index in [9.17, 15) is 0 Å². The van der Waals surface area contributed by atoms with Gasteiger partial charge in [0.05, 0.1) is 6.10 Å². The maximum atomic E-state index is 5.60. The van der Waals surface area contributed by atoms with Crippen LogP contribution in [0.5, 0.6) is 0 Å². The van der Waals surface area contributed by atoms with Crippen LogP contribution in [0.15, 0.2) is 0 Å². The lowest BCUT2D eigenvalue weighted by Crippen LogP contribution is -2.37. The molecule has 72 valence electrons. The molecule has 1 N–H and O–H groups in total. The van der Waals surface area contributed by atoms with Crippen molar-refractivity contribution in [3.05, 3.63) is 0 Å². The van der Waals surface area contributed by atoms with Crippen LogP contribution in [0.25, 0.3) is 0 Å². The van der Waals surface area contributed by atoms with Gasteiger partial charge in [-0.15, -0.1) is 0 Å². The van der Waals surface area contributed by atoms with Crippen molar-refractivity contribution < 1.29 is 4.74 Å². The van der Waals surface area contributed by atoms with E-state index in [2.05, 4.69) is 28.2 Å². The van der Waals surface area contributed by atoms with Gasteiger partial charge in [-0.2, -0.15) is 0 Å². The molecule has 0 aliphatic carbocycles. The third-order valence-electron chi connectivity index (χ3n) is 2.20. The summed E-state index contributed by atoms with van der Waals surface area (Å²) in [4.78, 5) is 0. The maximum Gasteiger partial charge on any atom is 0.0699 e. The van der Waals surface area contributed by atoms with Crippen LogP contribution < -0.4 is 5.32 Å². The van der Waals surface area contributed by atoms with Crippen molar-refractivity contribution in [2.45, 2.75) is 38.3 Å². The van der Waals surface area contributed by atoms with Crippen molar-refractivity contribution in [2.75, 3.05) is 18.5 Å². The summed E-state index contributed by atoms with van der Waals surface area (Å²) < 4.78 is 5.60. The van der Waals surface area contributed by atoms with Crippen LogP contribution in [0.4, 0.5) is 0 Å². The lowest BCUT2D eigenvalue weighted by atomic mass is 10.1. The highest BCUT2D eigenvalue weighted by Crippen LogP contribution is 2.11. The summed E-state index contributed by atoms with van der Waals surface area (Å²) in [6.07, 6.45) is 4.25. The van der Waals surface area contributed by atoms with E-state index < -0.39 is 0 Å². The summed E-state index contributed by atoms with van der Waals surface area (Å²) in [5.74, 6) is 0. The van der Waals surface area contributed by atoms with Crippen molar-refractivity contribution in [3.63, 3.8) is 0 Å². The van der Waals surface area contributed by atoms with Crippen molar-refractivity contribution in [1.82, 2.24) is 5.32 Å². The maximum absolute atomic E-state index is 5.60. The normalized spacial score (nSPS) is 27.0. The molecule has 12 heavy (non-hydrogen) atoms. The van der Waals surface area contributed by atoms with Crippen LogP contribution in [-0.4, -0.2) is 30.6 Å². The lowest BCUT2D eigenvalue weighted by Gasteiger charge is -2.24. The lowest BCUT2D eigenvalue weighted by molar-refractivity contribution is 0.0160. The number of ether oxygens (including phenoxy) is 1. The number of nitrogens with one attached hydrogen (secondary N) is 1. The van der Waals surface area contributed by atoms with Gasteiger partial charge in [0.2, 0.25) is 0 Å². The van der Waals surface area contributed by atoms with Gasteiger partial charge in [-0.25, -0.2) is 0 Å². The average molecular weight is 236 g/mol. The first-order valence-electron chi connectivity index (χ1n) is 4.74. The second-order valence-electron chi connectivity index (χ2n) is 3.45. The van der Waals surface area contributed by atoms with E-state index in [1.807, 2.05) is 0 Å². The predicted molar refractivity (Wildman–Crippen MR) is 54.8 cm³/mol. The second-order valence-corrected chi connectivity index (χ2v) is 4.10. The quantitative estimate of drug-likeness (QED) is 0.753. The van der Waals surface area contributed by atoms with Crippen LogP contribution in [0.2, 0.25) is 0 Å². The number of halogens is 1. The molecule has 0 bridgehead atoms. The third-order valence-corrected chi connectivity index (χ3v) is 3.17. The fourth-order valence-corrected chi connectivity index (χ4v) is 1.58. The number of alkyl halides is 1. The minimum absolute atomic E-state index is 0.459. The molecule has 1 heterocycles. The molecule has 3 heteroatoms. The molecule has 2 nitrogen and oxygen atoms in total. The monoisotopic (exact) mass is 235 g/mol. The molecule has 0 radical (unpaired) electrons. The molecule has 1 aliphatic rings. The van der Waals surface area contributed by atoms with Crippen molar-refractivity contribution in [1.29, 1.82) is 0 Å². The van der Waals surface area contributed by atoms with Crippen LogP contribution in [0.1, 0.15) is 26.2 Å². The van der Waals surface area contributed by atoms with Gasteiger partial charge in [-0.05, 0) is 26.2 Å². The highest BCUT2D eigenvalue weighted by atomic mass is 79.9. The van der Waals surface area contributed by atoms with E-state index >= 15 is 0 Å². The Kier molecular flexibility index (Phi) is 5.19. The van der Waals surface area contributed by atoms with E-state index in [4.69, 9.17) is 4.74 Å². The molecule has 2 atom stereocenters. The Labute approximate surface area is 83.2 Å². The van der Waals surface area contributed by atoms with Gasteiger partial charge < -0.3 is 10.1 Å². The summed E-state index contributed by atoms with van der Waals surface area (Å²) in [5.41, 5.74) is 0. The molecule has 0 aromatic rings. The van der Waals surface area contributed by atoms with Gasteiger partial charge in [0.1, 0.15) is 0 Å². The molecule has 1 aliphatic heterocycles. The summed E-state index contributed by atoms with van der Waals surface area (Å²) >= 11 is 3.44. The molecule has 0 aromatic carbocycles. The largest absolute Gasteiger partial charge is 0.377 e. The molecule has 1 rings (SSSR count). The minimum atomic E-state index is 0.459. The van der Waals surface area contributed by atoms with Crippen LogP contribution >= 0.6 is 15.9 Å². The Balaban J connectivity index is 2.05. The topological polar surface area (TPSA) is 21.3 Å². The highest BCUT2D eigenvalue weighted by molar-refractivity contribution is 9.09. The van der Waals surface area contributed by atoms with E-state index in [1.165, 1.54) is 19.3 Å². The molecule has 0 spiro atoms. The van der Waals surface area contributed by atoms with Crippen LogP contribution in [0.3, 0.4) is 0 Å². The third kappa shape index (κ3) is 3.87. The first-order chi connectivity index (χ1) is 5.83. The summed E-state index contributed by atoms with van der Waals surface area (Å²) in [6.45, 7) is 4.14. The van der Waals surface area contributed by atoms with Gasteiger partial charge in [-0.3, -0.25) is 0 Å². The van der Waals surface area contributed by atoms with Gasteiger partial charge in [0.25, 0.3) is 0 Å². The zero-order valence-electron chi connectivity index (χ0n) is 7.68. The SMILES string of the molecule is CC(CBr)NCC1CCCCO1. The Hall–Kier alpha value is 0.400. The Bertz CT molecular complexity index is 115. The number of hydrogen-bond donors (Lipinski definition) is 1. The van der Waals surface area contributed by atoms with E-state index in [-0.39, 0.29) is 0 Å². The zero-order chi connectivity index (χ0) is 8.81. The van der Waals surface area contributed by atoms with Crippen molar-refractivity contribution in [3.8, 4) is 0 Å². The van der Waals surface area contributed by atoms with Gasteiger partial charge >= 0.3 is 0 Å². The van der Waals surface area contributed by atoms with Crippen molar-refractivity contribution in [2.24, 2.45) is 0 Å². The second kappa shape index (κ2) is 5.95. The number of rotatable bonds is 4. The Morgan fingerprint density at radius 2 is 2.42 bits per heavy atom. The van der Waals surface area contributed by atoms with Gasteiger partial charge in [0.15, 0.2) is 0 Å². The molecule has 0 aromatic heterocycles. The fraction of sp³-hybridized carbons (Fsp3) is 1.00. The molecule has 0 amide bonds. The van der Waals surface area contributed by atoms with E-state index in [0.717, 1.165) is 18.5 Å². The molecule has 1 saturated heterocycles.